The first-order valence-corrected chi connectivity index (χ1v) is 17.3. The quantitative estimate of drug-likeness (QED) is 0.0944. The molecule has 0 aliphatic rings. The number of amides is 4. The van der Waals surface area contributed by atoms with Crippen LogP contribution in [0.15, 0.2) is 60.7 Å². The maximum atomic E-state index is 13.0. The molecule has 2 rings (SSSR count). The Morgan fingerprint density at radius 2 is 1.08 bits per heavy atom. The van der Waals surface area contributed by atoms with Crippen molar-refractivity contribution in [2.24, 2.45) is 0 Å². The third kappa shape index (κ3) is 20.1. The van der Waals surface area contributed by atoms with Crippen LogP contribution >= 0.6 is 0 Å². The molecule has 0 atom stereocenters. The normalized spacial score (nSPS) is 11.0. The van der Waals surface area contributed by atoms with Gasteiger partial charge in [-0.1, -0.05) is 60.7 Å². The fourth-order valence-electron chi connectivity index (χ4n) is 4.59. The second-order valence-corrected chi connectivity index (χ2v) is 12.8. The average molecular weight is 699 g/mol. The van der Waals surface area contributed by atoms with E-state index in [4.69, 9.17) is 19.5 Å². The molecule has 4 amide bonds. The van der Waals surface area contributed by atoms with Crippen LogP contribution in [0.2, 0.25) is 0 Å². The predicted molar refractivity (Wildman–Crippen MR) is 187 cm³/mol. The van der Waals surface area contributed by atoms with Gasteiger partial charge in [0.15, 0.2) is 0 Å². The lowest BCUT2D eigenvalue weighted by Gasteiger charge is -2.22. The average Bonchev–Trinajstić information content (AvgIpc) is 3.08. The molecule has 2 aromatic carbocycles. The minimum absolute atomic E-state index is 0.00695. The molecule has 0 unspecified atom stereocenters. The van der Waals surface area contributed by atoms with Gasteiger partial charge in [0.05, 0.1) is 6.42 Å². The SMILES string of the molecule is CC(C)(C)OC(=O)NCCCCCN(OCc1ccccc1)C(=O)CCC(=O)NCCCCCN(OCc1ccccc1)C(=O)CCC(=O)O. The number of ether oxygens (including phenoxy) is 1. The van der Waals surface area contributed by atoms with E-state index in [0.717, 1.165) is 17.5 Å². The van der Waals surface area contributed by atoms with Crippen molar-refractivity contribution < 1.29 is 43.5 Å². The summed E-state index contributed by atoms with van der Waals surface area (Å²) in [5, 5.41) is 17.1. The molecule has 13 nitrogen and oxygen atoms in total. The standard InChI is InChI=1S/C37H54N4O9/c1-37(2,3)50-36(47)39-25-13-7-15-26-40(48-28-30-16-8-4-9-17-30)33(43)21-20-32(42)38-24-12-6-14-27-41(34(44)22-23-35(45)46)49-29-31-18-10-5-11-19-31/h4-5,8-11,16-19H,6-7,12-15,20-29H2,1-3H3,(H,38,42)(H,39,47)(H,45,46). The monoisotopic (exact) mass is 698 g/mol. The molecular weight excluding hydrogens is 644 g/mol. The van der Waals surface area contributed by atoms with E-state index in [1.807, 2.05) is 60.7 Å². The van der Waals surface area contributed by atoms with Crippen LogP contribution in [0.5, 0.6) is 0 Å². The molecule has 3 N–H and O–H groups in total. The molecule has 13 heteroatoms. The molecule has 0 aromatic heterocycles. The molecule has 0 spiro atoms. The number of hydrogen-bond donors (Lipinski definition) is 3. The molecule has 0 fully saturated rings. The van der Waals surface area contributed by atoms with Gasteiger partial charge in [-0.25, -0.2) is 14.9 Å². The smallest absolute Gasteiger partial charge is 0.407 e. The zero-order valence-electron chi connectivity index (χ0n) is 29.7. The summed E-state index contributed by atoms with van der Waals surface area (Å²) in [5.41, 5.74) is 1.24. The highest BCUT2D eigenvalue weighted by molar-refractivity contribution is 5.83. The van der Waals surface area contributed by atoms with Crippen LogP contribution < -0.4 is 10.6 Å². The largest absolute Gasteiger partial charge is 0.481 e. The van der Waals surface area contributed by atoms with Crippen LogP contribution in [0.25, 0.3) is 0 Å². The second-order valence-electron chi connectivity index (χ2n) is 12.8. The van der Waals surface area contributed by atoms with E-state index in [2.05, 4.69) is 10.6 Å². The van der Waals surface area contributed by atoms with E-state index in [-0.39, 0.29) is 50.7 Å². The Hall–Kier alpha value is -4.49. The molecule has 0 aliphatic heterocycles. The molecular formula is C37H54N4O9. The number of nitrogens with zero attached hydrogens (tertiary/aromatic N) is 2. The lowest BCUT2D eigenvalue weighted by Crippen LogP contribution is -2.34. The summed E-state index contributed by atoms with van der Waals surface area (Å²) in [6, 6.07) is 18.9. The van der Waals surface area contributed by atoms with Gasteiger partial charge in [0.1, 0.15) is 18.8 Å². The van der Waals surface area contributed by atoms with Gasteiger partial charge in [-0.3, -0.25) is 28.9 Å². The Kier molecular flexibility index (Phi) is 19.8. The number of aliphatic carboxylic acids is 1. The van der Waals surface area contributed by atoms with E-state index in [1.165, 1.54) is 10.1 Å². The Morgan fingerprint density at radius 1 is 0.620 bits per heavy atom. The highest BCUT2D eigenvalue weighted by Crippen LogP contribution is 2.11. The topological polar surface area (TPSA) is 164 Å². The molecule has 0 bridgehead atoms. The van der Waals surface area contributed by atoms with E-state index < -0.39 is 23.6 Å². The van der Waals surface area contributed by atoms with E-state index in [1.54, 1.807) is 20.8 Å². The van der Waals surface area contributed by atoms with Gasteiger partial charge in [0.25, 0.3) is 0 Å². The molecule has 0 heterocycles. The molecule has 276 valence electrons. The maximum Gasteiger partial charge on any atom is 0.407 e. The van der Waals surface area contributed by atoms with Crippen molar-refractivity contribution in [1.82, 2.24) is 20.8 Å². The Morgan fingerprint density at radius 3 is 1.54 bits per heavy atom. The molecule has 0 radical (unpaired) electrons. The van der Waals surface area contributed by atoms with Crippen molar-refractivity contribution in [3.05, 3.63) is 71.8 Å². The highest BCUT2D eigenvalue weighted by Gasteiger charge is 2.18. The molecule has 50 heavy (non-hydrogen) atoms. The third-order valence-corrected chi connectivity index (χ3v) is 7.20. The minimum Gasteiger partial charge on any atom is -0.481 e. The second kappa shape index (κ2) is 23.8. The van der Waals surface area contributed by atoms with Gasteiger partial charge < -0.3 is 20.5 Å². The summed E-state index contributed by atoms with van der Waals surface area (Å²) in [5.74, 6) is -1.97. The number of nitrogens with one attached hydrogen (secondary N) is 2. The Bertz CT molecular complexity index is 1300. The zero-order valence-corrected chi connectivity index (χ0v) is 29.7. The first-order chi connectivity index (χ1) is 23.9. The summed E-state index contributed by atoms with van der Waals surface area (Å²) in [6.45, 7) is 7.35. The Labute approximate surface area is 295 Å². The fourth-order valence-corrected chi connectivity index (χ4v) is 4.59. The van der Waals surface area contributed by atoms with Gasteiger partial charge in [-0.15, -0.1) is 0 Å². The molecule has 0 aliphatic carbocycles. The van der Waals surface area contributed by atoms with Crippen molar-refractivity contribution in [1.29, 1.82) is 0 Å². The van der Waals surface area contributed by atoms with Crippen molar-refractivity contribution in [3.63, 3.8) is 0 Å². The fraction of sp³-hybridized carbons (Fsp3) is 0.541. The number of hydrogen-bond acceptors (Lipinski definition) is 8. The lowest BCUT2D eigenvalue weighted by atomic mass is 10.2. The van der Waals surface area contributed by atoms with Gasteiger partial charge in [0, 0.05) is 45.4 Å². The van der Waals surface area contributed by atoms with Crippen molar-refractivity contribution in [3.8, 4) is 0 Å². The number of carbonyl (C=O) groups excluding carboxylic acids is 4. The molecule has 2 aromatic rings. The summed E-state index contributed by atoms with van der Waals surface area (Å²) in [4.78, 5) is 72.4. The Balaban J connectivity index is 1.71. The number of hydroxylamine groups is 4. The number of carboxylic acids is 1. The first kappa shape index (κ1) is 41.7. The van der Waals surface area contributed by atoms with E-state index in [9.17, 15) is 24.0 Å². The van der Waals surface area contributed by atoms with Gasteiger partial charge >= 0.3 is 12.1 Å². The number of carboxylic acid groups (broad SMARTS) is 1. The van der Waals surface area contributed by atoms with Crippen LogP contribution in [-0.2, 0) is 46.8 Å². The molecule has 0 saturated heterocycles. The van der Waals surface area contributed by atoms with Crippen LogP contribution in [0.3, 0.4) is 0 Å². The van der Waals surface area contributed by atoms with Crippen LogP contribution in [0.4, 0.5) is 4.79 Å². The van der Waals surface area contributed by atoms with Crippen molar-refractivity contribution in [2.45, 2.75) is 104 Å². The molecule has 0 saturated carbocycles. The summed E-state index contributed by atoms with van der Waals surface area (Å²) in [6.07, 6.45) is 3.20. The zero-order chi connectivity index (χ0) is 36.6. The summed E-state index contributed by atoms with van der Waals surface area (Å²) in [7, 11) is 0. The highest BCUT2D eigenvalue weighted by atomic mass is 16.7. The van der Waals surface area contributed by atoms with Gasteiger partial charge in [-0.2, -0.15) is 0 Å². The summed E-state index contributed by atoms with van der Waals surface area (Å²) >= 11 is 0. The number of rotatable bonds is 24. The number of carbonyl (C=O) groups is 5. The summed E-state index contributed by atoms with van der Waals surface area (Å²) < 4.78 is 5.24. The van der Waals surface area contributed by atoms with Gasteiger partial charge in [0.2, 0.25) is 17.7 Å². The van der Waals surface area contributed by atoms with Crippen molar-refractivity contribution in [2.75, 3.05) is 26.2 Å². The predicted octanol–water partition coefficient (Wildman–Crippen LogP) is 5.53. The van der Waals surface area contributed by atoms with Gasteiger partial charge in [-0.05, 0) is 70.4 Å². The van der Waals surface area contributed by atoms with Crippen molar-refractivity contribution >= 4 is 29.8 Å². The number of alkyl carbamates (subject to hydrolysis) is 1. The first-order valence-electron chi connectivity index (χ1n) is 17.3. The van der Waals surface area contributed by atoms with E-state index in [0.29, 0.717) is 58.3 Å². The minimum atomic E-state index is -1.05. The lowest BCUT2D eigenvalue weighted by molar-refractivity contribution is -0.192. The van der Waals surface area contributed by atoms with Crippen LogP contribution in [-0.4, -0.2) is 76.8 Å². The third-order valence-electron chi connectivity index (χ3n) is 7.20. The van der Waals surface area contributed by atoms with Crippen LogP contribution in [0.1, 0.15) is 96.1 Å². The maximum absolute atomic E-state index is 13.0. The number of unbranched alkanes of at least 4 members (excludes halogenated alkanes) is 4. The van der Waals surface area contributed by atoms with Crippen LogP contribution in [0, 0.1) is 0 Å². The number of benzene rings is 2. The van der Waals surface area contributed by atoms with E-state index >= 15 is 0 Å².